The Hall–Kier alpha value is -0.410. The van der Waals surface area contributed by atoms with Crippen LogP contribution < -0.4 is 5.73 Å². The number of hydrogen-bond donors (Lipinski definition) is 1. The molecule has 0 bridgehead atoms. The zero-order valence-corrected chi connectivity index (χ0v) is 9.76. The van der Waals surface area contributed by atoms with Crippen LogP contribution in [-0.4, -0.2) is 4.98 Å². The van der Waals surface area contributed by atoms with Gasteiger partial charge in [0.25, 0.3) is 0 Å². The monoisotopic (exact) mass is 254 g/mol. The molecular weight excluding hydrogens is 240 g/mol. The molecule has 1 aliphatic carbocycles. The van der Waals surface area contributed by atoms with Gasteiger partial charge in [-0.05, 0) is 40.4 Å². The van der Waals surface area contributed by atoms with Crippen molar-refractivity contribution in [2.45, 2.75) is 38.1 Å². The second kappa shape index (κ2) is 4.41. The van der Waals surface area contributed by atoms with Crippen molar-refractivity contribution in [3.8, 4) is 0 Å². The Labute approximate surface area is 93.0 Å². The third-order valence-corrected chi connectivity index (χ3v) is 3.54. The topological polar surface area (TPSA) is 38.9 Å². The Balaban J connectivity index is 2.25. The lowest BCUT2D eigenvalue weighted by atomic mass is 10.0. The standard InChI is InChI=1S/C11H15BrN2/c12-10-5-8(6-13)7-14-11(10)9-3-1-2-4-9/h5,7,9H,1-4,6,13H2. The Morgan fingerprint density at radius 1 is 1.43 bits per heavy atom. The molecule has 0 spiro atoms. The molecule has 0 radical (unpaired) electrons. The smallest absolute Gasteiger partial charge is 0.0576 e. The van der Waals surface area contributed by atoms with Gasteiger partial charge in [0.2, 0.25) is 0 Å². The molecule has 76 valence electrons. The van der Waals surface area contributed by atoms with Gasteiger partial charge in [0.15, 0.2) is 0 Å². The van der Waals surface area contributed by atoms with Crippen LogP contribution in [0.3, 0.4) is 0 Å². The highest BCUT2D eigenvalue weighted by atomic mass is 79.9. The third kappa shape index (κ3) is 1.98. The molecule has 14 heavy (non-hydrogen) atoms. The number of halogens is 1. The van der Waals surface area contributed by atoms with Gasteiger partial charge in [0.05, 0.1) is 5.69 Å². The van der Waals surface area contributed by atoms with Gasteiger partial charge >= 0.3 is 0 Å². The van der Waals surface area contributed by atoms with Crippen molar-refractivity contribution in [3.05, 3.63) is 28.0 Å². The van der Waals surface area contributed by atoms with Crippen molar-refractivity contribution in [2.24, 2.45) is 5.73 Å². The number of pyridine rings is 1. The molecule has 2 rings (SSSR count). The van der Waals surface area contributed by atoms with Gasteiger partial charge in [-0.25, -0.2) is 0 Å². The third-order valence-electron chi connectivity index (χ3n) is 2.90. The first-order valence-corrected chi connectivity index (χ1v) is 5.95. The summed E-state index contributed by atoms with van der Waals surface area (Å²) in [5.41, 5.74) is 7.88. The highest BCUT2D eigenvalue weighted by Gasteiger charge is 2.20. The Morgan fingerprint density at radius 3 is 2.71 bits per heavy atom. The largest absolute Gasteiger partial charge is 0.326 e. The van der Waals surface area contributed by atoms with E-state index in [9.17, 15) is 0 Å². The maximum Gasteiger partial charge on any atom is 0.0576 e. The van der Waals surface area contributed by atoms with Crippen LogP contribution in [0.25, 0.3) is 0 Å². The summed E-state index contributed by atoms with van der Waals surface area (Å²) in [6.45, 7) is 0.566. The Bertz CT molecular complexity index is 319. The quantitative estimate of drug-likeness (QED) is 0.882. The van der Waals surface area contributed by atoms with Crippen molar-refractivity contribution in [2.75, 3.05) is 0 Å². The maximum atomic E-state index is 5.56. The zero-order valence-electron chi connectivity index (χ0n) is 8.17. The number of rotatable bonds is 2. The predicted molar refractivity (Wildman–Crippen MR) is 61.0 cm³/mol. The molecule has 2 nitrogen and oxygen atoms in total. The number of hydrogen-bond acceptors (Lipinski definition) is 2. The minimum Gasteiger partial charge on any atom is -0.326 e. The van der Waals surface area contributed by atoms with Crippen LogP contribution in [-0.2, 0) is 6.54 Å². The summed E-state index contributed by atoms with van der Waals surface area (Å²) in [7, 11) is 0. The minimum absolute atomic E-state index is 0.566. The number of nitrogens with two attached hydrogens (primary N) is 1. The van der Waals surface area contributed by atoms with Crippen LogP contribution in [0.15, 0.2) is 16.7 Å². The lowest BCUT2D eigenvalue weighted by Crippen LogP contribution is -2.02. The van der Waals surface area contributed by atoms with Crippen molar-refractivity contribution in [1.82, 2.24) is 4.98 Å². The van der Waals surface area contributed by atoms with Gasteiger partial charge < -0.3 is 5.73 Å². The minimum atomic E-state index is 0.566. The SMILES string of the molecule is NCc1cnc(C2CCCC2)c(Br)c1. The van der Waals surface area contributed by atoms with Gasteiger partial charge in [0.1, 0.15) is 0 Å². The molecule has 0 aromatic carbocycles. The summed E-state index contributed by atoms with van der Waals surface area (Å²) in [6.07, 6.45) is 7.16. The molecule has 1 aromatic heterocycles. The van der Waals surface area contributed by atoms with Crippen LogP contribution in [0.2, 0.25) is 0 Å². The van der Waals surface area contributed by atoms with E-state index in [0.717, 1.165) is 10.0 Å². The molecule has 3 heteroatoms. The highest BCUT2D eigenvalue weighted by Crippen LogP contribution is 2.36. The summed E-state index contributed by atoms with van der Waals surface area (Å²) in [6, 6.07) is 2.10. The van der Waals surface area contributed by atoms with Crippen molar-refractivity contribution >= 4 is 15.9 Å². The molecule has 0 saturated heterocycles. The first kappa shape index (κ1) is 10.1. The van der Waals surface area contributed by atoms with E-state index in [1.165, 1.54) is 31.4 Å². The van der Waals surface area contributed by atoms with Gasteiger partial charge in [-0.3, -0.25) is 4.98 Å². The van der Waals surface area contributed by atoms with Crippen LogP contribution in [0.5, 0.6) is 0 Å². The van der Waals surface area contributed by atoms with Gasteiger partial charge in [-0.1, -0.05) is 12.8 Å². The van der Waals surface area contributed by atoms with Crippen molar-refractivity contribution in [1.29, 1.82) is 0 Å². The van der Waals surface area contributed by atoms with Crippen molar-refractivity contribution < 1.29 is 0 Å². The van der Waals surface area contributed by atoms with Gasteiger partial charge in [-0.15, -0.1) is 0 Å². The molecule has 0 unspecified atom stereocenters. The second-order valence-electron chi connectivity index (χ2n) is 3.90. The molecule has 0 aliphatic heterocycles. The van der Waals surface area contributed by atoms with E-state index in [0.29, 0.717) is 12.5 Å². The first-order chi connectivity index (χ1) is 6.81. The van der Waals surface area contributed by atoms with Crippen molar-refractivity contribution in [3.63, 3.8) is 0 Å². The Morgan fingerprint density at radius 2 is 2.14 bits per heavy atom. The lowest BCUT2D eigenvalue weighted by Gasteiger charge is -2.11. The maximum absolute atomic E-state index is 5.56. The van der Waals surface area contributed by atoms with E-state index in [-0.39, 0.29) is 0 Å². The fraction of sp³-hybridized carbons (Fsp3) is 0.545. The van der Waals surface area contributed by atoms with Crippen LogP contribution in [0, 0.1) is 0 Å². The average Bonchev–Trinajstić information content (AvgIpc) is 2.70. The first-order valence-electron chi connectivity index (χ1n) is 5.15. The van der Waals surface area contributed by atoms with Gasteiger partial charge in [-0.2, -0.15) is 0 Å². The summed E-state index contributed by atoms with van der Waals surface area (Å²) in [5, 5.41) is 0. The van der Waals surface area contributed by atoms with E-state index in [4.69, 9.17) is 5.73 Å². The number of aromatic nitrogens is 1. The molecule has 1 aliphatic rings. The fourth-order valence-corrected chi connectivity index (χ4v) is 2.82. The lowest BCUT2D eigenvalue weighted by molar-refractivity contribution is 0.691. The van der Waals surface area contributed by atoms with E-state index in [2.05, 4.69) is 27.0 Å². The summed E-state index contributed by atoms with van der Waals surface area (Å²) in [5.74, 6) is 0.663. The fourth-order valence-electron chi connectivity index (χ4n) is 2.10. The summed E-state index contributed by atoms with van der Waals surface area (Å²) < 4.78 is 1.13. The molecular formula is C11H15BrN2. The van der Waals surface area contributed by atoms with E-state index in [1.807, 2.05) is 6.20 Å². The molecule has 0 amide bonds. The van der Waals surface area contributed by atoms with Gasteiger partial charge in [0, 0.05) is 23.1 Å². The van der Waals surface area contributed by atoms with E-state index >= 15 is 0 Å². The molecule has 2 N–H and O–H groups in total. The van der Waals surface area contributed by atoms with Crippen LogP contribution >= 0.6 is 15.9 Å². The molecule has 1 aromatic rings. The molecule has 1 heterocycles. The molecule has 1 saturated carbocycles. The van der Waals surface area contributed by atoms with E-state index in [1.54, 1.807) is 0 Å². The normalized spacial score (nSPS) is 17.6. The van der Waals surface area contributed by atoms with Crippen LogP contribution in [0.4, 0.5) is 0 Å². The molecule has 0 atom stereocenters. The predicted octanol–water partition coefficient (Wildman–Crippen LogP) is 2.96. The summed E-state index contributed by atoms with van der Waals surface area (Å²) in [4.78, 5) is 4.50. The Kier molecular flexibility index (Phi) is 3.19. The zero-order chi connectivity index (χ0) is 9.97. The molecule has 1 fully saturated rings. The highest BCUT2D eigenvalue weighted by molar-refractivity contribution is 9.10. The summed E-state index contributed by atoms with van der Waals surface area (Å²) >= 11 is 3.58. The van der Waals surface area contributed by atoms with E-state index < -0.39 is 0 Å². The second-order valence-corrected chi connectivity index (χ2v) is 4.75. The van der Waals surface area contributed by atoms with Crippen LogP contribution in [0.1, 0.15) is 42.9 Å². The average molecular weight is 255 g/mol. The number of nitrogens with zero attached hydrogens (tertiary/aromatic N) is 1.